The molecule has 9 nitrogen and oxygen atoms in total. The van der Waals surface area contributed by atoms with Gasteiger partial charge in [-0.2, -0.15) is 0 Å². The number of rotatable bonds is 22. The van der Waals surface area contributed by atoms with E-state index in [4.69, 9.17) is 28.4 Å². The van der Waals surface area contributed by atoms with Crippen molar-refractivity contribution in [3.63, 3.8) is 0 Å². The van der Waals surface area contributed by atoms with Crippen LogP contribution >= 0.6 is 0 Å². The smallest absolute Gasteiger partial charge is 0.150 e. The Balaban J connectivity index is 1.44. The van der Waals surface area contributed by atoms with Crippen LogP contribution in [-0.4, -0.2) is 78.3 Å². The summed E-state index contributed by atoms with van der Waals surface area (Å²) in [7, 11) is 0. The quantitative estimate of drug-likeness (QED) is 0.119. The van der Waals surface area contributed by atoms with Crippen molar-refractivity contribution in [2.24, 2.45) is 5.41 Å². The van der Waals surface area contributed by atoms with Crippen molar-refractivity contribution in [1.29, 1.82) is 0 Å². The molecule has 0 fully saturated rings. The van der Waals surface area contributed by atoms with E-state index in [0.717, 1.165) is 25.3 Å². The van der Waals surface area contributed by atoms with Crippen molar-refractivity contribution in [3.05, 3.63) is 89.5 Å². The number of hydrogen-bond acceptors (Lipinski definition) is 9. The Morgan fingerprint density at radius 2 is 0.762 bits per heavy atom. The molecule has 224 valence electrons. The Bertz CT molecular complexity index is 1040. The zero-order chi connectivity index (χ0) is 29.9. The first-order valence-electron chi connectivity index (χ1n) is 13.9. The first kappa shape index (κ1) is 32.5. The highest BCUT2D eigenvalue weighted by Gasteiger charge is 2.30. The third-order valence-corrected chi connectivity index (χ3v) is 6.51. The summed E-state index contributed by atoms with van der Waals surface area (Å²) in [5, 5.41) is 0. The molecule has 0 N–H and O–H groups in total. The van der Waals surface area contributed by atoms with Gasteiger partial charge in [0.1, 0.15) is 55.9 Å². The molecule has 0 saturated carbocycles. The van der Waals surface area contributed by atoms with E-state index in [2.05, 4.69) is 6.92 Å². The molecule has 3 aromatic carbocycles. The second-order valence-corrected chi connectivity index (χ2v) is 9.62. The van der Waals surface area contributed by atoms with E-state index in [-0.39, 0.29) is 0 Å². The van der Waals surface area contributed by atoms with E-state index in [1.54, 1.807) is 72.8 Å². The number of carbonyl (C=O) groups excluding carboxylic acids is 3. The Morgan fingerprint density at radius 3 is 1.00 bits per heavy atom. The van der Waals surface area contributed by atoms with Crippen LogP contribution in [0.2, 0.25) is 0 Å². The van der Waals surface area contributed by atoms with Crippen LogP contribution in [0.5, 0.6) is 17.2 Å². The average Bonchev–Trinajstić information content (AvgIpc) is 3.04. The zero-order valence-corrected chi connectivity index (χ0v) is 23.9. The van der Waals surface area contributed by atoms with E-state index in [1.807, 2.05) is 0 Å². The van der Waals surface area contributed by atoms with Gasteiger partial charge in [-0.3, -0.25) is 14.4 Å². The van der Waals surface area contributed by atoms with Gasteiger partial charge in [0.15, 0.2) is 0 Å². The molecule has 0 aromatic heterocycles. The van der Waals surface area contributed by atoms with E-state index in [1.165, 1.54) is 0 Å². The average molecular weight is 579 g/mol. The van der Waals surface area contributed by atoms with Crippen LogP contribution in [0.4, 0.5) is 0 Å². The predicted octanol–water partition coefficient (Wildman–Crippen LogP) is 5.11. The van der Waals surface area contributed by atoms with Gasteiger partial charge in [-0.15, -0.1) is 0 Å². The molecule has 3 aromatic rings. The highest BCUT2D eigenvalue weighted by Crippen LogP contribution is 2.24. The van der Waals surface area contributed by atoms with Gasteiger partial charge in [-0.05, 0) is 79.2 Å². The molecule has 0 bridgehead atoms. The molecule has 0 aliphatic carbocycles. The first-order chi connectivity index (χ1) is 20.6. The number of ether oxygens (including phenoxy) is 6. The molecule has 0 aliphatic heterocycles. The van der Waals surface area contributed by atoms with Gasteiger partial charge in [0.2, 0.25) is 0 Å². The van der Waals surface area contributed by atoms with Crippen molar-refractivity contribution in [2.45, 2.75) is 13.3 Å². The molecule has 0 amide bonds. The fourth-order valence-corrected chi connectivity index (χ4v) is 3.88. The van der Waals surface area contributed by atoms with E-state index in [9.17, 15) is 14.4 Å². The third-order valence-electron chi connectivity index (χ3n) is 6.51. The molecule has 42 heavy (non-hydrogen) atoms. The molecule has 0 aliphatic rings. The highest BCUT2D eigenvalue weighted by molar-refractivity contribution is 5.75. The molecule has 9 heteroatoms. The normalized spacial score (nSPS) is 11.1. The van der Waals surface area contributed by atoms with Crippen molar-refractivity contribution in [3.8, 4) is 17.2 Å². The van der Waals surface area contributed by atoms with Gasteiger partial charge >= 0.3 is 0 Å². The molecule has 0 saturated heterocycles. The van der Waals surface area contributed by atoms with Gasteiger partial charge in [0.25, 0.3) is 0 Å². The minimum Gasteiger partial charge on any atom is -0.491 e. The summed E-state index contributed by atoms with van der Waals surface area (Å²) in [5.74, 6) is 2.00. The molecule has 0 radical (unpaired) electrons. The SMILES string of the molecule is CCC(COCCOc1ccc(C=O)cc1)(COCCOc1ccc(C=O)cc1)COCCOc1ccc(C=O)cc1. The minimum absolute atomic E-state index is 0.357. The summed E-state index contributed by atoms with van der Waals surface area (Å²) in [4.78, 5) is 32.5. The number of benzene rings is 3. The standard InChI is InChI=1S/C33H38O9/c1-2-33(24-37-15-18-40-30-9-3-27(21-34)4-10-30,25-38-16-19-41-31-11-5-28(22-35)6-12-31)26-39-17-20-42-32-13-7-29(23-36)8-14-32/h3-14,21-23H,2,15-20,24-26H2,1H3. The fraction of sp³-hybridized carbons (Fsp3) is 0.364. The van der Waals surface area contributed by atoms with Crippen LogP contribution in [0, 0.1) is 5.41 Å². The Labute approximate surface area is 246 Å². The van der Waals surface area contributed by atoms with E-state index >= 15 is 0 Å². The Hall–Kier alpha value is -4.05. The summed E-state index contributed by atoms with van der Waals surface area (Å²) < 4.78 is 35.1. The van der Waals surface area contributed by atoms with Crippen LogP contribution < -0.4 is 14.2 Å². The molecule has 0 heterocycles. The maximum atomic E-state index is 10.8. The van der Waals surface area contributed by atoms with Crippen LogP contribution in [0.3, 0.4) is 0 Å². The maximum Gasteiger partial charge on any atom is 0.150 e. The number of carbonyl (C=O) groups is 3. The van der Waals surface area contributed by atoms with Gasteiger partial charge in [0.05, 0.1) is 39.6 Å². The first-order valence-corrected chi connectivity index (χ1v) is 13.9. The van der Waals surface area contributed by atoms with Crippen molar-refractivity contribution < 1.29 is 42.8 Å². The second kappa shape index (κ2) is 18.4. The minimum atomic E-state index is -0.400. The lowest BCUT2D eigenvalue weighted by Gasteiger charge is -2.32. The van der Waals surface area contributed by atoms with Crippen molar-refractivity contribution in [2.75, 3.05) is 59.5 Å². The van der Waals surface area contributed by atoms with Crippen LogP contribution in [0.1, 0.15) is 44.4 Å². The van der Waals surface area contributed by atoms with E-state index in [0.29, 0.717) is 93.4 Å². The lowest BCUT2D eigenvalue weighted by atomic mass is 9.88. The molecule has 0 spiro atoms. The van der Waals surface area contributed by atoms with Crippen molar-refractivity contribution in [1.82, 2.24) is 0 Å². The summed E-state index contributed by atoms with van der Waals surface area (Å²) in [6.45, 7) is 5.46. The lowest BCUT2D eigenvalue weighted by molar-refractivity contribution is -0.0793. The van der Waals surface area contributed by atoms with Crippen molar-refractivity contribution >= 4 is 18.9 Å². The topological polar surface area (TPSA) is 107 Å². The van der Waals surface area contributed by atoms with Crippen LogP contribution in [-0.2, 0) is 14.2 Å². The van der Waals surface area contributed by atoms with Gasteiger partial charge < -0.3 is 28.4 Å². The summed E-state index contributed by atoms with van der Waals surface area (Å²) >= 11 is 0. The maximum absolute atomic E-state index is 10.8. The summed E-state index contributed by atoms with van der Waals surface area (Å²) in [6.07, 6.45) is 3.12. The molecular weight excluding hydrogens is 540 g/mol. The summed E-state index contributed by atoms with van der Waals surface area (Å²) in [5.41, 5.74) is 1.37. The second-order valence-electron chi connectivity index (χ2n) is 9.62. The molecule has 0 unspecified atom stereocenters. The van der Waals surface area contributed by atoms with Crippen LogP contribution in [0.25, 0.3) is 0 Å². The fourth-order valence-electron chi connectivity index (χ4n) is 3.88. The molecular formula is C33H38O9. The molecule has 3 rings (SSSR count). The van der Waals surface area contributed by atoms with Crippen LogP contribution in [0.15, 0.2) is 72.8 Å². The lowest BCUT2D eigenvalue weighted by Crippen LogP contribution is -2.38. The van der Waals surface area contributed by atoms with E-state index < -0.39 is 5.41 Å². The Morgan fingerprint density at radius 1 is 0.476 bits per heavy atom. The predicted molar refractivity (Wildman–Crippen MR) is 157 cm³/mol. The van der Waals surface area contributed by atoms with Gasteiger partial charge in [-0.25, -0.2) is 0 Å². The largest absolute Gasteiger partial charge is 0.491 e. The highest BCUT2D eigenvalue weighted by atomic mass is 16.5. The monoisotopic (exact) mass is 578 g/mol. The molecule has 0 atom stereocenters. The zero-order valence-electron chi connectivity index (χ0n) is 23.9. The number of aldehydes is 3. The summed E-state index contributed by atoms with van der Waals surface area (Å²) in [6, 6.07) is 20.7. The number of hydrogen-bond donors (Lipinski definition) is 0. The Kier molecular flexibility index (Phi) is 14.2. The van der Waals surface area contributed by atoms with Gasteiger partial charge in [0, 0.05) is 22.1 Å². The van der Waals surface area contributed by atoms with Gasteiger partial charge in [-0.1, -0.05) is 6.92 Å². The third kappa shape index (κ3) is 11.4.